The summed E-state index contributed by atoms with van der Waals surface area (Å²) in [5, 5.41) is 0. The Bertz CT molecular complexity index is 323. The standard InChI is InChI=1S/C21H42N2O2/c1-2-3-4-5-6-7-8-9-13-18-25-21(24)14-11-10-12-16-23-17-15-20(22)19-23/h20H,2-19,22H2,1H3. The number of rotatable bonds is 16. The Balaban J connectivity index is 1.77. The second kappa shape index (κ2) is 15.6. The predicted molar refractivity (Wildman–Crippen MR) is 106 cm³/mol. The summed E-state index contributed by atoms with van der Waals surface area (Å²) in [7, 11) is 0. The molecule has 0 aromatic heterocycles. The molecule has 0 aliphatic carbocycles. The van der Waals surface area contributed by atoms with Crippen LogP contribution in [-0.2, 0) is 9.53 Å². The Morgan fingerprint density at radius 3 is 2.24 bits per heavy atom. The summed E-state index contributed by atoms with van der Waals surface area (Å²) >= 11 is 0. The van der Waals surface area contributed by atoms with E-state index in [9.17, 15) is 4.79 Å². The monoisotopic (exact) mass is 354 g/mol. The van der Waals surface area contributed by atoms with Gasteiger partial charge in [-0.1, -0.05) is 64.7 Å². The van der Waals surface area contributed by atoms with Crippen molar-refractivity contribution >= 4 is 5.97 Å². The number of carbonyl (C=O) groups excluding carboxylic acids is 1. The Morgan fingerprint density at radius 2 is 1.60 bits per heavy atom. The number of nitrogens with two attached hydrogens (primary N) is 1. The molecule has 0 bridgehead atoms. The highest BCUT2D eigenvalue weighted by molar-refractivity contribution is 5.69. The summed E-state index contributed by atoms with van der Waals surface area (Å²) in [5.41, 5.74) is 5.90. The van der Waals surface area contributed by atoms with Crippen LogP contribution >= 0.6 is 0 Å². The first-order chi connectivity index (χ1) is 12.2. The average molecular weight is 355 g/mol. The topological polar surface area (TPSA) is 55.6 Å². The van der Waals surface area contributed by atoms with Gasteiger partial charge in [-0.05, 0) is 38.8 Å². The second-order valence-electron chi connectivity index (χ2n) is 7.71. The maximum absolute atomic E-state index is 11.7. The summed E-state index contributed by atoms with van der Waals surface area (Å²) in [6, 6.07) is 0.371. The number of likely N-dealkylation sites (tertiary alicyclic amines) is 1. The number of nitrogens with zero attached hydrogens (tertiary/aromatic N) is 1. The molecule has 1 rings (SSSR count). The lowest BCUT2D eigenvalue weighted by Crippen LogP contribution is -2.27. The van der Waals surface area contributed by atoms with E-state index >= 15 is 0 Å². The van der Waals surface area contributed by atoms with E-state index in [0.717, 1.165) is 51.7 Å². The molecule has 1 unspecified atom stereocenters. The maximum atomic E-state index is 11.7. The molecule has 0 radical (unpaired) electrons. The molecule has 4 heteroatoms. The Kier molecular flexibility index (Phi) is 14.0. The van der Waals surface area contributed by atoms with Gasteiger partial charge in [0.25, 0.3) is 0 Å². The van der Waals surface area contributed by atoms with Gasteiger partial charge in [0.05, 0.1) is 6.61 Å². The van der Waals surface area contributed by atoms with E-state index in [4.69, 9.17) is 10.5 Å². The number of unbranched alkanes of at least 4 members (excludes halogenated alkanes) is 10. The van der Waals surface area contributed by atoms with Gasteiger partial charge in [0, 0.05) is 19.0 Å². The minimum Gasteiger partial charge on any atom is -0.466 e. The third-order valence-electron chi connectivity index (χ3n) is 5.18. The van der Waals surface area contributed by atoms with Crippen LogP contribution in [0.2, 0.25) is 0 Å². The van der Waals surface area contributed by atoms with E-state index in [1.54, 1.807) is 0 Å². The SMILES string of the molecule is CCCCCCCCCCCOC(=O)CCCCCN1CCC(N)C1. The van der Waals surface area contributed by atoms with E-state index in [-0.39, 0.29) is 5.97 Å². The first kappa shape index (κ1) is 22.4. The third-order valence-corrected chi connectivity index (χ3v) is 5.18. The smallest absolute Gasteiger partial charge is 0.305 e. The lowest BCUT2D eigenvalue weighted by atomic mass is 10.1. The molecular formula is C21H42N2O2. The summed E-state index contributed by atoms with van der Waals surface area (Å²) in [6.45, 7) is 6.18. The quantitative estimate of drug-likeness (QED) is 0.324. The minimum atomic E-state index is -0.0113. The fraction of sp³-hybridized carbons (Fsp3) is 0.952. The van der Waals surface area contributed by atoms with Crippen LogP contribution in [-0.4, -0.2) is 43.2 Å². The van der Waals surface area contributed by atoms with E-state index in [1.165, 1.54) is 51.4 Å². The van der Waals surface area contributed by atoms with Crippen LogP contribution in [0.3, 0.4) is 0 Å². The Hall–Kier alpha value is -0.610. The average Bonchev–Trinajstić information content (AvgIpc) is 3.01. The van der Waals surface area contributed by atoms with Crippen LogP contribution in [0.15, 0.2) is 0 Å². The molecule has 1 heterocycles. The molecule has 1 saturated heterocycles. The fourth-order valence-electron chi connectivity index (χ4n) is 3.52. The van der Waals surface area contributed by atoms with Crippen molar-refractivity contribution in [1.82, 2.24) is 4.90 Å². The van der Waals surface area contributed by atoms with Gasteiger partial charge in [0.15, 0.2) is 0 Å². The summed E-state index contributed by atoms with van der Waals surface area (Å²) in [6.07, 6.45) is 16.6. The van der Waals surface area contributed by atoms with Gasteiger partial charge >= 0.3 is 5.97 Å². The molecular weight excluding hydrogens is 312 g/mol. The molecule has 1 aliphatic rings. The molecule has 2 N–H and O–H groups in total. The largest absolute Gasteiger partial charge is 0.466 e. The molecule has 0 spiro atoms. The van der Waals surface area contributed by atoms with Crippen LogP contribution in [0.25, 0.3) is 0 Å². The van der Waals surface area contributed by atoms with Crippen LogP contribution in [0.1, 0.15) is 96.8 Å². The first-order valence-corrected chi connectivity index (χ1v) is 10.9. The molecule has 25 heavy (non-hydrogen) atoms. The van der Waals surface area contributed by atoms with Crippen molar-refractivity contribution < 1.29 is 9.53 Å². The van der Waals surface area contributed by atoms with Crippen molar-refractivity contribution in [1.29, 1.82) is 0 Å². The highest BCUT2D eigenvalue weighted by Crippen LogP contribution is 2.11. The normalized spacial score (nSPS) is 17.9. The van der Waals surface area contributed by atoms with Gasteiger partial charge in [-0.25, -0.2) is 0 Å². The van der Waals surface area contributed by atoms with Gasteiger partial charge in [-0.3, -0.25) is 4.79 Å². The van der Waals surface area contributed by atoms with Crippen molar-refractivity contribution in [3.8, 4) is 0 Å². The highest BCUT2D eigenvalue weighted by atomic mass is 16.5. The van der Waals surface area contributed by atoms with Gasteiger partial charge in [0.1, 0.15) is 0 Å². The van der Waals surface area contributed by atoms with E-state index in [1.807, 2.05) is 0 Å². The lowest BCUT2D eigenvalue weighted by Gasteiger charge is -2.14. The van der Waals surface area contributed by atoms with Crippen molar-refractivity contribution in [3.05, 3.63) is 0 Å². The van der Waals surface area contributed by atoms with Crippen molar-refractivity contribution in [2.75, 3.05) is 26.2 Å². The first-order valence-electron chi connectivity index (χ1n) is 10.9. The van der Waals surface area contributed by atoms with Crippen molar-refractivity contribution in [2.24, 2.45) is 5.73 Å². The van der Waals surface area contributed by atoms with E-state index in [0.29, 0.717) is 19.1 Å². The molecule has 1 aliphatic heterocycles. The number of esters is 1. The van der Waals surface area contributed by atoms with Crippen molar-refractivity contribution in [3.63, 3.8) is 0 Å². The van der Waals surface area contributed by atoms with Gasteiger partial charge in [0.2, 0.25) is 0 Å². The third kappa shape index (κ3) is 13.3. The zero-order chi connectivity index (χ0) is 18.2. The number of hydrogen-bond acceptors (Lipinski definition) is 4. The zero-order valence-corrected chi connectivity index (χ0v) is 16.6. The molecule has 0 saturated carbocycles. The van der Waals surface area contributed by atoms with Gasteiger partial charge in [-0.15, -0.1) is 0 Å². The van der Waals surface area contributed by atoms with Crippen LogP contribution in [0.4, 0.5) is 0 Å². The molecule has 4 nitrogen and oxygen atoms in total. The van der Waals surface area contributed by atoms with E-state index < -0.39 is 0 Å². The molecule has 148 valence electrons. The van der Waals surface area contributed by atoms with E-state index in [2.05, 4.69) is 11.8 Å². The molecule has 0 amide bonds. The number of ether oxygens (including phenoxy) is 1. The lowest BCUT2D eigenvalue weighted by molar-refractivity contribution is -0.143. The molecule has 0 aromatic rings. The maximum Gasteiger partial charge on any atom is 0.305 e. The second-order valence-corrected chi connectivity index (χ2v) is 7.71. The molecule has 1 fully saturated rings. The number of hydrogen-bond donors (Lipinski definition) is 1. The van der Waals surface area contributed by atoms with Crippen LogP contribution in [0, 0.1) is 0 Å². The van der Waals surface area contributed by atoms with Crippen molar-refractivity contribution in [2.45, 2.75) is 103 Å². The predicted octanol–water partition coefficient (Wildman–Crippen LogP) is 4.65. The molecule has 0 aromatic carbocycles. The summed E-state index contributed by atoms with van der Waals surface area (Å²) in [4.78, 5) is 14.1. The van der Waals surface area contributed by atoms with Gasteiger partial charge in [-0.2, -0.15) is 0 Å². The Labute approximate surface area is 155 Å². The number of carbonyl (C=O) groups is 1. The van der Waals surface area contributed by atoms with Crippen LogP contribution < -0.4 is 5.73 Å². The minimum absolute atomic E-state index is 0.0113. The molecule has 1 atom stereocenters. The van der Waals surface area contributed by atoms with Gasteiger partial charge < -0.3 is 15.4 Å². The summed E-state index contributed by atoms with van der Waals surface area (Å²) in [5.74, 6) is -0.0113. The summed E-state index contributed by atoms with van der Waals surface area (Å²) < 4.78 is 5.33. The zero-order valence-electron chi connectivity index (χ0n) is 16.6. The Morgan fingerprint density at radius 1 is 0.960 bits per heavy atom. The van der Waals surface area contributed by atoms with Crippen LogP contribution in [0.5, 0.6) is 0 Å². The highest BCUT2D eigenvalue weighted by Gasteiger charge is 2.17. The fourth-order valence-corrected chi connectivity index (χ4v) is 3.52.